The average Bonchev–Trinajstić information content (AvgIpc) is 2.24. The van der Waals surface area contributed by atoms with Gasteiger partial charge in [0.25, 0.3) is 0 Å². The van der Waals surface area contributed by atoms with E-state index in [1.165, 1.54) is 0 Å². The number of carboxylic acids is 1. The monoisotopic (exact) mass is 286 g/mol. The maximum Gasteiger partial charge on any atom is 0.306 e. The van der Waals surface area contributed by atoms with Crippen LogP contribution in [0.4, 0.5) is 0 Å². The highest BCUT2D eigenvalue weighted by molar-refractivity contribution is 9.10. The van der Waals surface area contributed by atoms with Crippen LogP contribution in [-0.4, -0.2) is 22.6 Å². The largest absolute Gasteiger partial charge is 0.481 e. The van der Waals surface area contributed by atoms with E-state index in [0.29, 0.717) is 19.4 Å². The van der Waals surface area contributed by atoms with E-state index in [4.69, 9.17) is 10.8 Å². The highest BCUT2D eigenvalue weighted by atomic mass is 79.9. The molecular weight excluding hydrogens is 272 g/mol. The van der Waals surface area contributed by atoms with Crippen LogP contribution in [0.2, 0.25) is 0 Å². The van der Waals surface area contributed by atoms with Crippen molar-refractivity contribution < 1.29 is 9.90 Å². The molecule has 16 heavy (non-hydrogen) atoms. The minimum atomic E-state index is -0.770. The smallest absolute Gasteiger partial charge is 0.306 e. The van der Waals surface area contributed by atoms with Crippen LogP contribution in [0.5, 0.6) is 0 Å². The molecule has 0 saturated carbocycles. The summed E-state index contributed by atoms with van der Waals surface area (Å²) in [7, 11) is 0. The maximum atomic E-state index is 11.0. The Morgan fingerprint density at radius 3 is 2.88 bits per heavy atom. The Labute approximate surface area is 103 Å². The summed E-state index contributed by atoms with van der Waals surface area (Å²) in [5, 5.41) is 9.06. The van der Waals surface area contributed by atoms with E-state index in [-0.39, 0.29) is 5.92 Å². The van der Waals surface area contributed by atoms with Crippen molar-refractivity contribution in [3.63, 3.8) is 0 Å². The minimum Gasteiger partial charge on any atom is -0.481 e. The van der Waals surface area contributed by atoms with Gasteiger partial charge in [0.15, 0.2) is 0 Å². The molecule has 0 aliphatic heterocycles. The molecule has 0 spiro atoms. The average molecular weight is 287 g/mol. The number of halogens is 1. The third-order valence-electron chi connectivity index (χ3n) is 2.35. The van der Waals surface area contributed by atoms with Crippen molar-refractivity contribution in [2.45, 2.75) is 19.3 Å². The molecule has 0 aliphatic rings. The van der Waals surface area contributed by atoms with Gasteiger partial charge in [-0.25, -0.2) is 0 Å². The molecule has 4 nitrogen and oxygen atoms in total. The van der Waals surface area contributed by atoms with Crippen LogP contribution in [0.3, 0.4) is 0 Å². The Hall–Kier alpha value is -0.940. The molecule has 0 amide bonds. The summed E-state index contributed by atoms with van der Waals surface area (Å²) in [5.41, 5.74) is 6.31. The fourth-order valence-corrected chi connectivity index (χ4v) is 1.94. The second-order valence-corrected chi connectivity index (χ2v) is 4.60. The van der Waals surface area contributed by atoms with Crippen molar-refractivity contribution in [3.05, 3.63) is 28.5 Å². The minimum absolute atomic E-state index is 0.375. The molecule has 88 valence electrons. The molecule has 0 saturated heterocycles. The van der Waals surface area contributed by atoms with E-state index >= 15 is 0 Å². The predicted molar refractivity (Wildman–Crippen MR) is 65.1 cm³/mol. The van der Waals surface area contributed by atoms with Gasteiger partial charge in [-0.1, -0.05) is 0 Å². The van der Waals surface area contributed by atoms with Gasteiger partial charge in [0, 0.05) is 16.9 Å². The highest BCUT2D eigenvalue weighted by Gasteiger charge is 2.17. The molecule has 1 aromatic heterocycles. The molecular formula is C11H15BrN2O2. The second kappa shape index (κ2) is 6.60. The van der Waals surface area contributed by atoms with Gasteiger partial charge in [0.2, 0.25) is 0 Å². The summed E-state index contributed by atoms with van der Waals surface area (Å²) in [6.07, 6.45) is 5.22. The Morgan fingerprint density at radius 1 is 1.56 bits per heavy atom. The van der Waals surface area contributed by atoms with Gasteiger partial charge in [-0.15, -0.1) is 0 Å². The van der Waals surface area contributed by atoms with Crippen LogP contribution in [-0.2, 0) is 11.2 Å². The normalized spacial score (nSPS) is 12.4. The predicted octanol–water partition coefficient (Wildman–Crippen LogP) is 1.83. The topological polar surface area (TPSA) is 76.2 Å². The number of hydrogen-bond donors (Lipinski definition) is 2. The van der Waals surface area contributed by atoms with E-state index < -0.39 is 5.97 Å². The van der Waals surface area contributed by atoms with Crippen molar-refractivity contribution in [2.24, 2.45) is 11.7 Å². The zero-order chi connectivity index (χ0) is 12.0. The fraction of sp³-hybridized carbons (Fsp3) is 0.455. The Kier molecular flexibility index (Phi) is 5.42. The molecule has 1 unspecified atom stereocenters. The Balaban J connectivity index is 2.64. The molecule has 0 aromatic carbocycles. The summed E-state index contributed by atoms with van der Waals surface area (Å²) in [5.74, 6) is -1.15. The molecule has 0 bridgehead atoms. The lowest BCUT2D eigenvalue weighted by Gasteiger charge is -2.11. The molecule has 0 fully saturated rings. The first-order chi connectivity index (χ1) is 7.63. The number of aromatic nitrogens is 1. The SMILES string of the molecule is NCCCC(Cc1cncc(Br)c1)C(=O)O. The first kappa shape index (κ1) is 13.1. The van der Waals surface area contributed by atoms with Crippen LogP contribution in [0.15, 0.2) is 22.9 Å². The molecule has 1 rings (SSSR count). The van der Waals surface area contributed by atoms with Gasteiger partial charge in [-0.05, 0) is 53.4 Å². The third-order valence-corrected chi connectivity index (χ3v) is 2.78. The van der Waals surface area contributed by atoms with Crippen LogP contribution < -0.4 is 5.73 Å². The van der Waals surface area contributed by atoms with E-state index in [1.807, 2.05) is 6.07 Å². The molecule has 0 aliphatic carbocycles. The van der Waals surface area contributed by atoms with Gasteiger partial charge < -0.3 is 10.8 Å². The zero-order valence-electron chi connectivity index (χ0n) is 8.90. The fourth-order valence-electron chi connectivity index (χ4n) is 1.53. The van der Waals surface area contributed by atoms with Crippen molar-refractivity contribution in [1.82, 2.24) is 4.98 Å². The lowest BCUT2D eigenvalue weighted by Crippen LogP contribution is -2.18. The van der Waals surface area contributed by atoms with Gasteiger partial charge >= 0.3 is 5.97 Å². The summed E-state index contributed by atoms with van der Waals surface area (Å²) in [4.78, 5) is 15.0. The number of hydrogen-bond acceptors (Lipinski definition) is 3. The molecule has 5 heteroatoms. The van der Waals surface area contributed by atoms with Crippen molar-refractivity contribution in [1.29, 1.82) is 0 Å². The zero-order valence-corrected chi connectivity index (χ0v) is 10.5. The highest BCUT2D eigenvalue weighted by Crippen LogP contribution is 2.16. The first-order valence-corrected chi connectivity index (χ1v) is 5.95. The molecule has 0 radical (unpaired) electrons. The van der Waals surface area contributed by atoms with Gasteiger partial charge in [0.05, 0.1) is 5.92 Å². The van der Waals surface area contributed by atoms with Gasteiger partial charge in [0.1, 0.15) is 0 Å². The lowest BCUT2D eigenvalue weighted by molar-refractivity contribution is -0.141. The number of nitrogens with two attached hydrogens (primary N) is 1. The third kappa shape index (κ3) is 4.28. The molecule has 1 aromatic rings. The number of pyridine rings is 1. The van der Waals surface area contributed by atoms with Crippen LogP contribution in [0.1, 0.15) is 18.4 Å². The second-order valence-electron chi connectivity index (χ2n) is 3.68. The summed E-state index contributed by atoms with van der Waals surface area (Å²) in [6, 6.07) is 1.89. The van der Waals surface area contributed by atoms with Gasteiger partial charge in [-0.2, -0.15) is 0 Å². The summed E-state index contributed by atoms with van der Waals surface area (Å²) in [6.45, 7) is 0.528. The van der Waals surface area contributed by atoms with Crippen LogP contribution in [0, 0.1) is 5.92 Å². The van der Waals surface area contributed by atoms with Crippen molar-refractivity contribution in [3.8, 4) is 0 Å². The van der Waals surface area contributed by atoms with E-state index in [1.54, 1.807) is 12.4 Å². The number of nitrogens with zero attached hydrogens (tertiary/aromatic N) is 1. The Morgan fingerprint density at radius 2 is 2.31 bits per heavy atom. The molecule has 3 N–H and O–H groups in total. The summed E-state index contributed by atoms with van der Waals surface area (Å²) < 4.78 is 0.868. The quantitative estimate of drug-likeness (QED) is 0.836. The van der Waals surface area contributed by atoms with E-state index in [0.717, 1.165) is 16.5 Å². The molecule has 1 atom stereocenters. The van der Waals surface area contributed by atoms with Crippen LogP contribution >= 0.6 is 15.9 Å². The standard InChI is InChI=1S/C11H15BrN2O2/c12-10-5-8(6-14-7-10)4-9(11(15)16)2-1-3-13/h5-7,9H,1-4,13H2,(H,15,16). The molecule has 1 heterocycles. The number of carboxylic acid groups (broad SMARTS) is 1. The Bertz CT molecular complexity index is 358. The lowest BCUT2D eigenvalue weighted by atomic mass is 9.96. The number of rotatable bonds is 6. The van der Waals surface area contributed by atoms with E-state index in [9.17, 15) is 4.79 Å². The summed E-state index contributed by atoms with van der Waals surface area (Å²) >= 11 is 3.31. The van der Waals surface area contributed by atoms with Crippen molar-refractivity contribution in [2.75, 3.05) is 6.54 Å². The van der Waals surface area contributed by atoms with Crippen molar-refractivity contribution >= 4 is 21.9 Å². The van der Waals surface area contributed by atoms with Crippen LogP contribution in [0.25, 0.3) is 0 Å². The first-order valence-electron chi connectivity index (χ1n) is 5.15. The van der Waals surface area contributed by atoms with Gasteiger partial charge in [-0.3, -0.25) is 9.78 Å². The number of carbonyl (C=O) groups is 1. The maximum absolute atomic E-state index is 11.0. The number of aliphatic carboxylic acids is 1. The van der Waals surface area contributed by atoms with E-state index in [2.05, 4.69) is 20.9 Å².